The van der Waals surface area contributed by atoms with Crippen molar-refractivity contribution >= 4 is 28.6 Å². The van der Waals surface area contributed by atoms with Crippen LogP contribution in [0.2, 0.25) is 5.15 Å². The van der Waals surface area contributed by atoms with Crippen LogP contribution in [-0.4, -0.2) is 11.0 Å². The summed E-state index contributed by atoms with van der Waals surface area (Å²) in [4.78, 5) is 15.8. The van der Waals surface area contributed by atoms with Crippen molar-refractivity contribution in [2.45, 2.75) is 20.8 Å². The molecule has 1 aromatic carbocycles. The van der Waals surface area contributed by atoms with Crippen LogP contribution in [0.4, 0.5) is 4.39 Å². The molecule has 0 saturated heterocycles. The number of esters is 1. The Morgan fingerprint density at radius 3 is 2.70 bits per heavy atom. The maximum absolute atomic E-state index is 13.1. The minimum Gasteiger partial charge on any atom is -0.617 e. The van der Waals surface area contributed by atoms with Gasteiger partial charge >= 0.3 is 17.0 Å². The second-order valence-electron chi connectivity index (χ2n) is 5.27. The molecule has 1 heterocycles. The molecule has 0 aliphatic rings. The van der Waals surface area contributed by atoms with Crippen LogP contribution in [0.3, 0.4) is 0 Å². The van der Waals surface area contributed by atoms with E-state index in [4.69, 9.17) is 16.3 Å². The number of ether oxygens (including phenoxy) is 1. The molecule has 20 heavy (non-hydrogen) atoms. The molecule has 0 amide bonds. The van der Waals surface area contributed by atoms with Crippen LogP contribution < -0.4 is 9.47 Å². The summed E-state index contributed by atoms with van der Waals surface area (Å²) < 4.78 is 18.4. The predicted octanol–water partition coefficient (Wildman–Crippen LogP) is 2.61. The van der Waals surface area contributed by atoms with Gasteiger partial charge < -0.3 is 9.94 Å². The molecular formula is C13H12ClFN2O3. The Kier molecular flexibility index (Phi) is 3.52. The third-order valence-electron chi connectivity index (χ3n) is 2.53. The quantitative estimate of drug-likeness (QED) is 0.461. The van der Waals surface area contributed by atoms with Crippen LogP contribution >= 0.6 is 11.6 Å². The van der Waals surface area contributed by atoms with E-state index in [2.05, 4.69) is 4.98 Å². The Hall–Kier alpha value is -1.95. The van der Waals surface area contributed by atoms with E-state index in [-0.39, 0.29) is 21.6 Å². The summed E-state index contributed by atoms with van der Waals surface area (Å²) in [5.74, 6) is -1.45. The van der Waals surface area contributed by atoms with E-state index in [1.807, 2.05) is 0 Å². The normalized spacial score (nSPS) is 11.7. The summed E-state index contributed by atoms with van der Waals surface area (Å²) >= 11 is 5.81. The van der Waals surface area contributed by atoms with Crippen LogP contribution in [0.1, 0.15) is 20.8 Å². The third kappa shape index (κ3) is 2.65. The molecule has 2 rings (SSSR count). The van der Waals surface area contributed by atoms with Crippen molar-refractivity contribution in [3.63, 3.8) is 0 Å². The van der Waals surface area contributed by atoms with Gasteiger partial charge in [0.1, 0.15) is 11.3 Å². The Bertz CT molecular complexity index is 698. The molecule has 0 saturated carbocycles. The molecule has 2 aromatic rings. The number of benzene rings is 1. The summed E-state index contributed by atoms with van der Waals surface area (Å²) in [7, 11) is 0. The highest BCUT2D eigenvalue weighted by Gasteiger charge is 2.28. The minimum atomic E-state index is -0.767. The number of halogens is 2. The van der Waals surface area contributed by atoms with Crippen LogP contribution in [0.25, 0.3) is 11.0 Å². The predicted molar refractivity (Wildman–Crippen MR) is 70.8 cm³/mol. The first-order valence-electron chi connectivity index (χ1n) is 5.81. The van der Waals surface area contributed by atoms with Gasteiger partial charge in [0, 0.05) is 6.07 Å². The van der Waals surface area contributed by atoms with Crippen molar-refractivity contribution in [3.05, 3.63) is 34.4 Å². The summed E-state index contributed by atoms with van der Waals surface area (Å²) in [6.07, 6.45) is 0. The van der Waals surface area contributed by atoms with E-state index in [1.165, 1.54) is 6.07 Å². The van der Waals surface area contributed by atoms with Gasteiger partial charge in [-0.3, -0.25) is 4.79 Å². The van der Waals surface area contributed by atoms with Gasteiger partial charge in [0.05, 0.1) is 5.41 Å². The van der Waals surface area contributed by atoms with E-state index in [9.17, 15) is 14.4 Å². The number of carbonyl (C=O) groups excluding carboxylic acids is 1. The van der Waals surface area contributed by atoms with Gasteiger partial charge in [0.25, 0.3) is 0 Å². The first-order chi connectivity index (χ1) is 9.20. The molecule has 5 nitrogen and oxygen atoms in total. The largest absolute Gasteiger partial charge is 0.617 e. The third-order valence-corrected chi connectivity index (χ3v) is 2.85. The van der Waals surface area contributed by atoms with E-state index < -0.39 is 22.4 Å². The lowest BCUT2D eigenvalue weighted by atomic mass is 9.97. The van der Waals surface area contributed by atoms with Gasteiger partial charge in [0.2, 0.25) is 5.52 Å². The van der Waals surface area contributed by atoms with E-state index in [0.29, 0.717) is 0 Å². The minimum absolute atomic E-state index is 0.0365. The molecular weight excluding hydrogens is 287 g/mol. The number of rotatable bonds is 1. The highest BCUT2D eigenvalue weighted by atomic mass is 35.5. The Labute approximate surface area is 119 Å². The number of hydrogen-bond donors (Lipinski definition) is 0. The molecule has 0 atom stereocenters. The van der Waals surface area contributed by atoms with E-state index >= 15 is 0 Å². The molecule has 106 valence electrons. The van der Waals surface area contributed by atoms with Crippen LogP contribution in [0.15, 0.2) is 18.2 Å². The molecule has 0 fully saturated rings. The monoisotopic (exact) mass is 298 g/mol. The van der Waals surface area contributed by atoms with Crippen molar-refractivity contribution in [1.29, 1.82) is 0 Å². The number of aromatic nitrogens is 2. The average Bonchev–Trinajstić information content (AvgIpc) is 2.35. The second-order valence-corrected chi connectivity index (χ2v) is 5.63. The van der Waals surface area contributed by atoms with Gasteiger partial charge in [-0.15, -0.1) is 4.73 Å². The van der Waals surface area contributed by atoms with Crippen molar-refractivity contribution in [1.82, 2.24) is 4.98 Å². The maximum atomic E-state index is 13.1. The molecule has 0 bridgehead atoms. The molecule has 0 unspecified atom stereocenters. The van der Waals surface area contributed by atoms with E-state index in [0.717, 1.165) is 12.1 Å². The Morgan fingerprint density at radius 1 is 1.45 bits per heavy atom. The van der Waals surface area contributed by atoms with Crippen LogP contribution in [-0.2, 0) is 4.79 Å². The summed E-state index contributed by atoms with van der Waals surface area (Å²) in [5.41, 5.74) is -0.621. The molecule has 7 heteroatoms. The fraction of sp³-hybridized carbons (Fsp3) is 0.308. The topological polar surface area (TPSA) is 66.1 Å². The molecule has 0 aliphatic carbocycles. The second kappa shape index (κ2) is 4.86. The fourth-order valence-electron chi connectivity index (χ4n) is 1.41. The average molecular weight is 299 g/mol. The molecule has 0 spiro atoms. The highest BCUT2D eigenvalue weighted by molar-refractivity contribution is 6.30. The lowest BCUT2D eigenvalue weighted by Crippen LogP contribution is -2.32. The van der Waals surface area contributed by atoms with Gasteiger partial charge in [0.15, 0.2) is 0 Å². The van der Waals surface area contributed by atoms with Crippen molar-refractivity contribution in [2.75, 3.05) is 0 Å². The van der Waals surface area contributed by atoms with Crippen molar-refractivity contribution in [2.24, 2.45) is 5.41 Å². The highest BCUT2D eigenvalue weighted by Crippen LogP contribution is 2.25. The smallest absolute Gasteiger partial charge is 0.350 e. The van der Waals surface area contributed by atoms with Crippen LogP contribution in [0, 0.1) is 16.4 Å². The standard InChI is InChI=1S/C13H12ClFN2O3/c1-13(2,3)12(18)20-11-10(14)17(19)9-6-7(15)4-5-8(9)16-11/h4-6H,1-3H3. The van der Waals surface area contributed by atoms with Gasteiger partial charge in [-0.25, -0.2) is 4.39 Å². The maximum Gasteiger partial charge on any atom is 0.350 e. The first-order valence-corrected chi connectivity index (χ1v) is 6.18. The number of nitrogens with zero attached hydrogens (tertiary/aromatic N) is 2. The van der Waals surface area contributed by atoms with E-state index in [1.54, 1.807) is 20.8 Å². The zero-order valence-corrected chi connectivity index (χ0v) is 11.9. The summed E-state index contributed by atoms with van der Waals surface area (Å²) in [5, 5.41) is 11.5. The van der Waals surface area contributed by atoms with Crippen LogP contribution in [0.5, 0.6) is 5.88 Å². The SMILES string of the molecule is CC(C)(C)C(=O)Oc1nc2ccc(F)cc2[n+]([O-])c1Cl. The molecule has 0 N–H and O–H groups in total. The molecule has 1 aromatic heterocycles. The summed E-state index contributed by atoms with van der Waals surface area (Å²) in [6.45, 7) is 4.97. The fourth-order valence-corrected chi connectivity index (χ4v) is 1.58. The van der Waals surface area contributed by atoms with Gasteiger partial charge in [-0.1, -0.05) is 0 Å². The zero-order chi connectivity index (χ0) is 15.1. The van der Waals surface area contributed by atoms with Crippen molar-refractivity contribution in [3.8, 4) is 5.88 Å². The van der Waals surface area contributed by atoms with Gasteiger partial charge in [-0.2, -0.15) is 4.98 Å². The first kappa shape index (κ1) is 14.5. The Balaban J connectivity index is 2.53. The zero-order valence-electron chi connectivity index (χ0n) is 11.1. The number of hydrogen-bond acceptors (Lipinski definition) is 4. The molecule has 0 aliphatic heterocycles. The van der Waals surface area contributed by atoms with Gasteiger partial charge in [-0.05, 0) is 44.5 Å². The lowest BCUT2D eigenvalue weighted by Gasteiger charge is -2.16. The lowest BCUT2D eigenvalue weighted by molar-refractivity contribution is -0.575. The summed E-state index contributed by atoms with van der Waals surface area (Å²) in [6, 6.07) is 3.47. The molecule has 0 radical (unpaired) electrons. The number of fused-ring (bicyclic) bond motifs is 1. The Morgan fingerprint density at radius 2 is 2.10 bits per heavy atom. The number of carbonyl (C=O) groups is 1. The van der Waals surface area contributed by atoms with Crippen molar-refractivity contribution < 1.29 is 18.7 Å².